The summed E-state index contributed by atoms with van der Waals surface area (Å²) in [6, 6.07) is 0. The lowest BCUT2D eigenvalue weighted by Crippen LogP contribution is -2.65. The van der Waals surface area contributed by atoms with E-state index in [2.05, 4.69) is 13.8 Å². The van der Waals surface area contributed by atoms with Crippen LogP contribution in [0.1, 0.15) is 66.2 Å². The van der Waals surface area contributed by atoms with Gasteiger partial charge in [0.15, 0.2) is 11.6 Å². The average Bonchev–Trinajstić information content (AvgIpc) is 2.84. The van der Waals surface area contributed by atoms with Gasteiger partial charge >= 0.3 is 0 Å². The number of rotatable bonds is 2. The van der Waals surface area contributed by atoms with Crippen molar-refractivity contribution >= 4 is 11.6 Å². The maximum atomic E-state index is 12.5. The van der Waals surface area contributed by atoms with E-state index in [9.17, 15) is 24.9 Å². The summed E-state index contributed by atoms with van der Waals surface area (Å²) in [7, 11) is 0. The summed E-state index contributed by atoms with van der Waals surface area (Å²) in [4.78, 5) is 24.8. The van der Waals surface area contributed by atoms with Crippen molar-refractivity contribution in [3.05, 3.63) is 11.6 Å². The van der Waals surface area contributed by atoms with Crippen LogP contribution in [0.25, 0.3) is 0 Å². The number of hydrogen-bond acceptors (Lipinski definition) is 5. The van der Waals surface area contributed by atoms with Crippen LogP contribution in [-0.4, -0.2) is 45.2 Å². The fourth-order valence-electron chi connectivity index (χ4n) is 7.98. The Labute approximate surface area is 167 Å². The SMILES string of the molecule is C[C@H]1C[C@@]2(C)C(=CC1=O)CCC1C2[C@@H](O)CC2(C)[C@@]1(C)CC[C@]2(O)C(=O)CO. The molecule has 0 radical (unpaired) electrons. The largest absolute Gasteiger partial charge is 0.393 e. The minimum absolute atomic E-state index is 0.0210. The van der Waals surface area contributed by atoms with E-state index in [1.807, 2.05) is 19.9 Å². The van der Waals surface area contributed by atoms with Crippen LogP contribution in [0.15, 0.2) is 11.6 Å². The number of aliphatic hydroxyl groups excluding tert-OH is 2. The second-order valence-corrected chi connectivity index (χ2v) is 10.7. The molecule has 156 valence electrons. The van der Waals surface area contributed by atoms with Crippen LogP contribution < -0.4 is 0 Å². The van der Waals surface area contributed by atoms with Gasteiger partial charge < -0.3 is 15.3 Å². The molecule has 3 unspecified atom stereocenters. The number of carbonyl (C=O) groups excluding carboxylic acids is 2. The van der Waals surface area contributed by atoms with Crippen LogP contribution in [0.4, 0.5) is 0 Å². The zero-order valence-corrected chi connectivity index (χ0v) is 17.5. The molecule has 4 aliphatic rings. The van der Waals surface area contributed by atoms with Gasteiger partial charge in [0.2, 0.25) is 0 Å². The topological polar surface area (TPSA) is 94.8 Å². The first-order chi connectivity index (χ1) is 12.9. The Kier molecular flexibility index (Phi) is 4.33. The van der Waals surface area contributed by atoms with E-state index < -0.39 is 29.5 Å². The fourth-order valence-corrected chi connectivity index (χ4v) is 7.98. The molecule has 0 aromatic carbocycles. The molecule has 0 aromatic heterocycles. The minimum atomic E-state index is -1.59. The van der Waals surface area contributed by atoms with E-state index in [1.165, 1.54) is 5.57 Å². The summed E-state index contributed by atoms with van der Waals surface area (Å²) < 4.78 is 0. The summed E-state index contributed by atoms with van der Waals surface area (Å²) >= 11 is 0. The molecule has 3 N–H and O–H groups in total. The molecule has 0 amide bonds. The zero-order chi connectivity index (χ0) is 20.7. The minimum Gasteiger partial charge on any atom is -0.393 e. The van der Waals surface area contributed by atoms with Crippen molar-refractivity contribution in [2.75, 3.05) is 6.61 Å². The number of carbonyl (C=O) groups is 2. The molecule has 5 nitrogen and oxygen atoms in total. The second kappa shape index (κ2) is 5.99. The second-order valence-electron chi connectivity index (χ2n) is 10.7. The first kappa shape index (κ1) is 20.2. The molecular weight excluding hydrogens is 356 g/mol. The van der Waals surface area contributed by atoms with Crippen LogP contribution in [-0.2, 0) is 9.59 Å². The molecule has 0 spiro atoms. The standard InChI is InChI=1S/C23H34O5/c1-13-10-20(2)14(9-16(13)25)5-6-15-19(20)17(26)11-22(4)21(15,3)7-8-23(22,28)18(27)12-24/h9,13,15,17,19,24,26,28H,5-8,10-12H2,1-4H3/t13-,15?,17-,19?,20-,21-,22?,23-/m0/s1. The van der Waals surface area contributed by atoms with Crippen LogP contribution in [0.2, 0.25) is 0 Å². The van der Waals surface area contributed by atoms with Gasteiger partial charge in [0, 0.05) is 11.3 Å². The third kappa shape index (κ3) is 2.19. The quantitative estimate of drug-likeness (QED) is 0.673. The van der Waals surface area contributed by atoms with Gasteiger partial charge in [-0.1, -0.05) is 33.3 Å². The van der Waals surface area contributed by atoms with Gasteiger partial charge in [-0.2, -0.15) is 0 Å². The molecule has 4 aliphatic carbocycles. The van der Waals surface area contributed by atoms with Gasteiger partial charge in [-0.05, 0) is 67.3 Å². The summed E-state index contributed by atoms with van der Waals surface area (Å²) in [6.07, 6.45) is 5.02. The van der Waals surface area contributed by atoms with Gasteiger partial charge in [0.05, 0.1) is 6.10 Å². The van der Waals surface area contributed by atoms with Crippen LogP contribution in [0.3, 0.4) is 0 Å². The number of allylic oxidation sites excluding steroid dienone is 1. The smallest absolute Gasteiger partial charge is 0.190 e. The lowest BCUT2D eigenvalue weighted by atomic mass is 9.40. The molecule has 0 aliphatic heterocycles. The van der Waals surface area contributed by atoms with Crippen molar-refractivity contribution in [2.45, 2.75) is 77.9 Å². The maximum Gasteiger partial charge on any atom is 0.190 e. The molecule has 3 fully saturated rings. The number of fused-ring (bicyclic) bond motifs is 5. The summed E-state index contributed by atoms with van der Waals surface area (Å²) in [6.45, 7) is 7.62. The van der Waals surface area contributed by atoms with Crippen molar-refractivity contribution in [3.8, 4) is 0 Å². The average molecular weight is 391 g/mol. The predicted molar refractivity (Wildman–Crippen MR) is 104 cm³/mol. The van der Waals surface area contributed by atoms with E-state index in [0.29, 0.717) is 19.3 Å². The Balaban J connectivity index is 1.80. The number of aliphatic hydroxyl groups is 3. The van der Waals surface area contributed by atoms with E-state index in [1.54, 1.807) is 0 Å². The Morgan fingerprint density at radius 3 is 2.54 bits per heavy atom. The molecule has 5 heteroatoms. The third-order valence-corrected chi connectivity index (χ3v) is 9.79. The van der Waals surface area contributed by atoms with E-state index in [0.717, 1.165) is 19.3 Å². The van der Waals surface area contributed by atoms with Crippen molar-refractivity contribution in [1.29, 1.82) is 0 Å². The molecule has 28 heavy (non-hydrogen) atoms. The number of ketones is 2. The number of hydrogen-bond donors (Lipinski definition) is 3. The van der Waals surface area contributed by atoms with E-state index in [-0.39, 0.29) is 34.4 Å². The van der Waals surface area contributed by atoms with Crippen LogP contribution in [0.5, 0.6) is 0 Å². The molecule has 0 aromatic rings. The van der Waals surface area contributed by atoms with Crippen LogP contribution >= 0.6 is 0 Å². The van der Waals surface area contributed by atoms with Crippen molar-refractivity contribution in [1.82, 2.24) is 0 Å². The van der Waals surface area contributed by atoms with Crippen LogP contribution in [0, 0.1) is 34.0 Å². The molecular formula is C23H34O5. The molecule has 0 saturated heterocycles. The van der Waals surface area contributed by atoms with E-state index >= 15 is 0 Å². The zero-order valence-electron chi connectivity index (χ0n) is 17.5. The van der Waals surface area contributed by atoms with Crippen molar-refractivity contribution < 1.29 is 24.9 Å². The highest BCUT2D eigenvalue weighted by molar-refractivity contribution is 5.93. The Hall–Kier alpha value is -1.04. The highest BCUT2D eigenvalue weighted by Gasteiger charge is 2.73. The van der Waals surface area contributed by atoms with Gasteiger partial charge in [-0.25, -0.2) is 0 Å². The van der Waals surface area contributed by atoms with Gasteiger partial charge in [-0.15, -0.1) is 0 Å². The summed E-state index contributed by atoms with van der Waals surface area (Å²) in [5.41, 5.74) is -1.70. The lowest BCUT2D eigenvalue weighted by Gasteiger charge is -2.65. The summed E-state index contributed by atoms with van der Waals surface area (Å²) in [5.74, 6) is -0.186. The Bertz CT molecular complexity index is 758. The monoisotopic (exact) mass is 390 g/mol. The van der Waals surface area contributed by atoms with Gasteiger partial charge in [0.25, 0.3) is 0 Å². The highest BCUT2D eigenvalue weighted by atomic mass is 16.3. The van der Waals surface area contributed by atoms with Gasteiger partial charge in [-0.3, -0.25) is 9.59 Å². The molecule has 3 saturated carbocycles. The predicted octanol–water partition coefficient (Wildman–Crippen LogP) is 2.42. The Morgan fingerprint density at radius 2 is 1.89 bits per heavy atom. The third-order valence-electron chi connectivity index (χ3n) is 9.79. The number of Topliss-reactive ketones (excluding diaryl/α,β-unsaturated/α-hetero) is 1. The maximum absolute atomic E-state index is 12.5. The normalized spacial score (nSPS) is 53.1. The lowest BCUT2D eigenvalue weighted by molar-refractivity contribution is -0.209. The summed E-state index contributed by atoms with van der Waals surface area (Å²) in [5, 5.41) is 32.2. The first-order valence-corrected chi connectivity index (χ1v) is 10.7. The fraction of sp³-hybridized carbons (Fsp3) is 0.826. The van der Waals surface area contributed by atoms with Gasteiger partial charge in [0.1, 0.15) is 12.2 Å². The van der Waals surface area contributed by atoms with E-state index in [4.69, 9.17) is 0 Å². The molecule has 8 atom stereocenters. The Morgan fingerprint density at radius 1 is 1.21 bits per heavy atom. The first-order valence-electron chi connectivity index (χ1n) is 10.7. The molecule has 0 bridgehead atoms. The van der Waals surface area contributed by atoms with Crippen molar-refractivity contribution in [3.63, 3.8) is 0 Å². The van der Waals surface area contributed by atoms with Crippen molar-refractivity contribution in [2.24, 2.45) is 34.0 Å². The molecule has 4 rings (SSSR count). The molecule has 0 heterocycles. The highest BCUT2D eigenvalue weighted by Crippen LogP contribution is 2.73.